The number of anilines is 1. The Labute approximate surface area is 133 Å². The Balaban J connectivity index is 2.15. The second-order valence-corrected chi connectivity index (χ2v) is 5.76. The fourth-order valence-corrected chi connectivity index (χ4v) is 2.69. The van der Waals surface area contributed by atoms with Gasteiger partial charge in [-0.3, -0.25) is 4.79 Å². The molecule has 0 amide bonds. The van der Waals surface area contributed by atoms with Gasteiger partial charge >= 0.3 is 5.97 Å². The fourth-order valence-electron chi connectivity index (χ4n) is 2.28. The maximum Gasteiger partial charge on any atom is 0.307 e. The summed E-state index contributed by atoms with van der Waals surface area (Å²) in [6.07, 6.45) is 0.997. The Morgan fingerprint density at radius 3 is 2.52 bits per heavy atom. The zero-order chi connectivity index (χ0) is 15.2. The van der Waals surface area contributed by atoms with Crippen LogP contribution in [0.3, 0.4) is 0 Å². The van der Waals surface area contributed by atoms with Crippen molar-refractivity contribution >= 4 is 27.6 Å². The Hall–Kier alpha value is -1.81. The molecule has 0 aliphatic heterocycles. The summed E-state index contributed by atoms with van der Waals surface area (Å²) in [5, 5.41) is 12.4. The van der Waals surface area contributed by atoms with E-state index in [1.807, 2.05) is 36.4 Å². The lowest BCUT2D eigenvalue weighted by Crippen LogP contribution is -2.08. The quantitative estimate of drug-likeness (QED) is 0.821. The van der Waals surface area contributed by atoms with Crippen molar-refractivity contribution in [3.63, 3.8) is 0 Å². The molecule has 4 heteroatoms. The molecule has 2 aromatic carbocycles. The van der Waals surface area contributed by atoms with Crippen molar-refractivity contribution < 1.29 is 9.90 Å². The van der Waals surface area contributed by atoms with E-state index in [4.69, 9.17) is 5.11 Å². The molecule has 0 bridgehead atoms. The molecule has 0 unspecified atom stereocenters. The van der Waals surface area contributed by atoms with Gasteiger partial charge in [-0.15, -0.1) is 0 Å². The van der Waals surface area contributed by atoms with E-state index in [1.165, 1.54) is 5.56 Å². The van der Waals surface area contributed by atoms with Crippen LogP contribution < -0.4 is 5.32 Å². The molecule has 0 aliphatic rings. The second-order valence-electron chi connectivity index (χ2n) is 4.85. The summed E-state index contributed by atoms with van der Waals surface area (Å²) in [6, 6.07) is 13.8. The molecule has 21 heavy (non-hydrogen) atoms. The number of rotatable bonds is 6. The van der Waals surface area contributed by atoms with Gasteiger partial charge in [-0.25, -0.2) is 0 Å². The standard InChI is InChI=1S/C17H18BrNO2/c1-2-12-9-15(18)7-8-16(12)19-11-14-6-4-3-5-13(14)10-17(20)21/h3-9,19H,2,10-11H2,1H3,(H,20,21). The highest BCUT2D eigenvalue weighted by Crippen LogP contribution is 2.22. The van der Waals surface area contributed by atoms with Crippen LogP contribution in [0.25, 0.3) is 0 Å². The maximum absolute atomic E-state index is 10.9. The van der Waals surface area contributed by atoms with E-state index in [2.05, 4.69) is 34.2 Å². The Morgan fingerprint density at radius 1 is 1.14 bits per heavy atom. The summed E-state index contributed by atoms with van der Waals surface area (Å²) in [5.41, 5.74) is 4.20. The number of aliphatic carboxylic acids is 1. The van der Waals surface area contributed by atoms with Crippen LogP contribution in [0.1, 0.15) is 23.6 Å². The lowest BCUT2D eigenvalue weighted by molar-refractivity contribution is -0.136. The van der Waals surface area contributed by atoms with Gasteiger partial charge in [0, 0.05) is 16.7 Å². The van der Waals surface area contributed by atoms with Gasteiger partial charge in [0.2, 0.25) is 0 Å². The van der Waals surface area contributed by atoms with E-state index in [0.717, 1.165) is 27.7 Å². The molecule has 3 nitrogen and oxygen atoms in total. The predicted octanol–water partition coefficient (Wildman–Crippen LogP) is 4.25. The topological polar surface area (TPSA) is 49.3 Å². The zero-order valence-corrected chi connectivity index (χ0v) is 13.5. The average molecular weight is 348 g/mol. The van der Waals surface area contributed by atoms with Crippen LogP contribution in [0.4, 0.5) is 5.69 Å². The molecule has 0 fully saturated rings. The SMILES string of the molecule is CCc1cc(Br)ccc1NCc1ccccc1CC(=O)O. The minimum absolute atomic E-state index is 0.0544. The molecule has 0 aliphatic carbocycles. The molecular formula is C17H18BrNO2. The van der Waals surface area contributed by atoms with Crippen LogP contribution in [0.15, 0.2) is 46.9 Å². The Kier molecular flexibility index (Phi) is 5.39. The maximum atomic E-state index is 10.9. The van der Waals surface area contributed by atoms with E-state index < -0.39 is 5.97 Å². The van der Waals surface area contributed by atoms with Crippen molar-refractivity contribution in [3.8, 4) is 0 Å². The fraction of sp³-hybridized carbons (Fsp3) is 0.235. The van der Waals surface area contributed by atoms with Crippen molar-refractivity contribution in [2.24, 2.45) is 0 Å². The third-order valence-electron chi connectivity index (χ3n) is 3.38. The third-order valence-corrected chi connectivity index (χ3v) is 3.87. The van der Waals surface area contributed by atoms with Crippen LogP contribution >= 0.6 is 15.9 Å². The second kappa shape index (κ2) is 7.27. The molecule has 0 atom stereocenters. The summed E-state index contributed by atoms with van der Waals surface area (Å²) in [5.74, 6) is -0.805. The van der Waals surface area contributed by atoms with Crippen molar-refractivity contribution in [2.45, 2.75) is 26.3 Å². The number of benzene rings is 2. The van der Waals surface area contributed by atoms with E-state index in [-0.39, 0.29) is 6.42 Å². The van der Waals surface area contributed by atoms with Gasteiger partial charge < -0.3 is 10.4 Å². The molecule has 0 saturated carbocycles. The Bertz CT molecular complexity index is 640. The molecular weight excluding hydrogens is 330 g/mol. The lowest BCUT2D eigenvalue weighted by atomic mass is 10.0. The van der Waals surface area contributed by atoms with Gasteiger partial charge in [0.25, 0.3) is 0 Å². The highest BCUT2D eigenvalue weighted by molar-refractivity contribution is 9.10. The first-order valence-corrected chi connectivity index (χ1v) is 7.70. The van der Waals surface area contributed by atoms with Crippen LogP contribution in [0, 0.1) is 0 Å². The zero-order valence-electron chi connectivity index (χ0n) is 11.9. The smallest absolute Gasteiger partial charge is 0.307 e. The predicted molar refractivity (Wildman–Crippen MR) is 88.6 cm³/mol. The number of hydrogen-bond acceptors (Lipinski definition) is 2. The number of carboxylic acid groups (broad SMARTS) is 1. The third kappa shape index (κ3) is 4.33. The van der Waals surface area contributed by atoms with Crippen molar-refractivity contribution in [1.29, 1.82) is 0 Å². The summed E-state index contributed by atoms with van der Waals surface area (Å²) in [4.78, 5) is 10.9. The van der Waals surface area contributed by atoms with Crippen molar-refractivity contribution in [3.05, 3.63) is 63.6 Å². The van der Waals surface area contributed by atoms with E-state index >= 15 is 0 Å². The van der Waals surface area contributed by atoms with E-state index in [0.29, 0.717) is 6.54 Å². The summed E-state index contributed by atoms with van der Waals surface area (Å²) in [7, 11) is 0. The van der Waals surface area contributed by atoms with Crippen molar-refractivity contribution in [2.75, 3.05) is 5.32 Å². The molecule has 0 radical (unpaired) electrons. The number of nitrogens with one attached hydrogen (secondary N) is 1. The summed E-state index contributed by atoms with van der Waals surface area (Å²) < 4.78 is 1.07. The van der Waals surface area contributed by atoms with Gasteiger partial charge in [-0.1, -0.05) is 47.1 Å². The molecule has 0 aromatic heterocycles. The van der Waals surface area contributed by atoms with E-state index in [9.17, 15) is 4.79 Å². The van der Waals surface area contributed by atoms with Gasteiger partial charge in [0.05, 0.1) is 6.42 Å². The van der Waals surface area contributed by atoms with Crippen LogP contribution in [-0.4, -0.2) is 11.1 Å². The first kappa shape index (κ1) is 15.6. The highest BCUT2D eigenvalue weighted by atomic mass is 79.9. The molecule has 0 spiro atoms. The number of carboxylic acids is 1. The minimum Gasteiger partial charge on any atom is -0.481 e. The summed E-state index contributed by atoms with van der Waals surface area (Å²) in [6.45, 7) is 2.74. The molecule has 2 rings (SSSR count). The number of halogens is 1. The normalized spacial score (nSPS) is 10.4. The molecule has 0 heterocycles. The van der Waals surface area contributed by atoms with E-state index in [1.54, 1.807) is 0 Å². The molecule has 2 N–H and O–H groups in total. The summed E-state index contributed by atoms with van der Waals surface area (Å²) >= 11 is 3.48. The molecule has 2 aromatic rings. The number of carbonyl (C=O) groups is 1. The highest BCUT2D eigenvalue weighted by Gasteiger charge is 2.07. The van der Waals surface area contributed by atoms with Crippen LogP contribution in [0.5, 0.6) is 0 Å². The lowest BCUT2D eigenvalue weighted by Gasteiger charge is -2.13. The first-order chi connectivity index (χ1) is 10.1. The minimum atomic E-state index is -0.805. The van der Waals surface area contributed by atoms with Crippen LogP contribution in [0.2, 0.25) is 0 Å². The number of hydrogen-bond donors (Lipinski definition) is 2. The average Bonchev–Trinajstić information content (AvgIpc) is 2.46. The van der Waals surface area contributed by atoms with Gasteiger partial charge in [-0.2, -0.15) is 0 Å². The van der Waals surface area contributed by atoms with Gasteiger partial charge in [0.1, 0.15) is 0 Å². The largest absolute Gasteiger partial charge is 0.481 e. The van der Waals surface area contributed by atoms with Crippen molar-refractivity contribution in [1.82, 2.24) is 0 Å². The first-order valence-electron chi connectivity index (χ1n) is 6.91. The Morgan fingerprint density at radius 2 is 1.86 bits per heavy atom. The monoisotopic (exact) mass is 347 g/mol. The molecule has 110 valence electrons. The number of aryl methyl sites for hydroxylation is 1. The molecule has 0 saturated heterocycles. The van der Waals surface area contributed by atoms with Crippen LogP contribution in [-0.2, 0) is 24.2 Å². The van der Waals surface area contributed by atoms with Gasteiger partial charge in [0.15, 0.2) is 0 Å². The van der Waals surface area contributed by atoms with Gasteiger partial charge in [-0.05, 0) is 41.3 Å².